The molecule has 1 aliphatic rings. The molecule has 2 heterocycles. The lowest BCUT2D eigenvalue weighted by Gasteiger charge is -2.10. The number of fused-ring (bicyclic) bond motifs is 2. The van der Waals surface area contributed by atoms with E-state index in [4.69, 9.17) is 11.2 Å². The largest absolute Gasteiger partial charge is 0.494 e. The molecule has 0 saturated heterocycles. The Hall–Kier alpha value is -3.70. The summed E-state index contributed by atoms with van der Waals surface area (Å²) >= 11 is 1.29. The number of carbonyl (C=O) groups is 3. The van der Waals surface area contributed by atoms with Crippen molar-refractivity contribution in [1.82, 2.24) is 9.47 Å². The molecule has 0 radical (unpaired) electrons. The molecule has 3 amide bonds. The van der Waals surface area contributed by atoms with Crippen molar-refractivity contribution in [3.05, 3.63) is 58.4 Å². The molecule has 0 spiro atoms. The van der Waals surface area contributed by atoms with Crippen LogP contribution in [0.5, 0.6) is 5.75 Å². The fourth-order valence-electron chi connectivity index (χ4n) is 3.30. The first-order chi connectivity index (χ1) is 14.5. The van der Waals surface area contributed by atoms with Gasteiger partial charge in [-0.1, -0.05) is 29.4 Å². The molecule has 0 saturated carbocycles. The molecule has 8 heteroatoms. The van der Waals surface area contributed by atoms with Gasteiger partial charge in [0, 0.05) is 0 Å². The van der Waals surface area contributed by atoms with Gasteiger partial charge in [-0.3, -0.25) is 19.3 Å². The maximum Gasteiger partial charge on any atom is 0.268 e. The van der Waals surface area contributed by atoms with Crippen LogP contribution in [0, 0.1) is 12.3 Å². The van der Waals surface area contributed by atoms with E-state index in [9.17, 15) is 14.4 Å². The molecule has 0 N–H and O–H groups in total. The highest BCUT2D eigenvalue weighted by Crippen LogP contribution is 2.24. The zero-order valence-electron chi connectivity index (χ0n) is 16.1. The minimum Gasteiger partial charge on any atom is -0.494 e. The summed E-state index contributed by atoms with van der Waals surface area (Å²) in [6.07, 6.45) is 5.49. The predicted molar refractivity (Wildman–Crippen MR) is 112 cm³/mol. The van der Waals surface area contributed by atoms with Gasteiger partial charge in [-0.2, -0.15) is 4.99 Å². The molecule has 1 aliphatic heterocycles. The van der Waals surface area contributed by atoms with E-state index in [1.54, 1.807) is 28.8 Å². The lowest BCUT2D eigenvalue weighted by Crippen LogP contribution is -2.35. The maximum atomic E-state index is 12.6. The van der Waals surface area contributed by atoms with Gasteiger partial charge in [0.25, 0.3) is 17.7 Å². The SMILES string of the molecule is C#CCn1c(=NC(=O)CN2C(=O)c3ccccc3C2=O)sc2cc(OCC)ccc21. The van der Waals surface area contributed by atoms with Crippen molar-refractivity contribution in [3.63, 3.8) is 0 Å². The van der Waals surface area contributed by atoms with Crippen LogP contribution in [0.25, 0.3) is 10.2 Å². The zero-order chi connectivity index (χ0) is 21.3. The number of benzene rings is 2. The summed E-state index contributed by atoms with van der Waals surface area (Å²) in [5, 5.41) is 0. The zero-order valence-corrected chi connectivity index (χ0v) is 16.9. The van der Waals surface area contributed by atoms with Crippen molar-refractivity contribution in [1.29, 1.82) is 0 Å². The first kappa shape index (κ1) is 19.6. The number of thiazole rings is 1. The van der Waals surface area contributed by atoms with Gasteiger partial charge in [-0.25, -0.2) is 0 Å². The minimum atomic E-state index is -0.605. The second-order valence-corrected chi connectivity index (χ2v) is 7.49. The predicted octanol–water partition coefficient (Wildman–Crippen LogP) is 2.46. The van der Waals surface area contributed by atoms with Crippen LogP contribution in [-0.4, -0.2) is 40.3 Å². The second kappa shape index (κ2) is 7.97. The summed E-state index contributed by atoms with van der Waals surface area (Å²) < 4.78 is 8.14. The molecule has 1 aromatic heterocycles. The number of hydrogen-bond donors (Lipinski definition) is 0. The van der Waals surface area contributed by atoms with Crippen LogP contribution in [0.3, 0.4) is 0 Å². The Balaban J connectivity index is 1.67. The van der Waals surface area contributed by atoms with E-state index in [2.05, 4.69) is 10.9 Å². The number of aromatic nitrogens is 1. The van der Waals surface area contributed by atoms with Crippen LogP contribution >= 0.6 is 11.3 Å². The minimum absolute atomic E-state index is 0.229. The number of terminal acetylenes is 1. The van der Waals surface area contributed by atoms with Crippen molar-refractivity contribution in [2.45, 2.75) is 13.5 Å². The van der Waals surface area contributed by atoms with E-state index in [1.807, 2.05) is 25.1 Å². The molecule has 30 heavy (non-hydrogen) atoms. The molecule has 4 rings (SSSR count). The highest BCUT2D eigenvalue weighted by molar-refractivity contribution is 7.16. The van der Waals surface area contributed by atoms with Gasteiger partial charge in [-0.15, -0.1) is 6.42 Å². The summed E-state index contributed by atoms with van der Waals surface area (Å²) in [5.74, 6) is 1.69. The Morgan fingerprint density at radius 1 is 1.17 bits per heavy atom. The second-order valence-electron chi connectivity index (χ2n) is 6.49. The molecule has 7 nitrogen and oxygen atoms in total. The van der Waals surface area contributed by atoms with E-state index in [-0.39, 0.29) is 6.54 Å². The molecule has 2 aromatic carbocycles. The fourth-order valence-corrected chi connectivity index (χ4v) is 4.37. The lowest BCUT2D eigenvalue weighted by molar-refractivity contribution is -0.118. The van der Waals surface area contributed by atoms with Crippen LogP contribution in [-0.2, 0) is 11.3 Å². The molecule has 0 aliphatic carbocycles. The number of nitrogens with zero attached hydrogens (tertiary/aromatic N) is 3. The quantitative estimate of drug-likeness (QED) is 0.470. The molecule has 0 unspecified atom stereocenters. The average molecular weight is 419 g/mol. The van der Waals surface area contributed by atoms with Crippen LogP contribution in [0.2, 0.25) is 0 Å². The topological polar surface area (TPSA) is 81.0 Å². The molecule has 0 atom stereocenters. The third-order valence-electron chi connectivity index (χ3n) is 4.61. The summed E-state index contributed by atoms with van der Waals surface area (Å²) in [7, 11) is 0. The van der Waals surface area contributed by atoms with Gasteiger partial charge in [0.2, 0.25) is 0 Å². The maximum absolute atomic E-state index is 12.6. The van der Waals surface area contributed by atoms with E-state index in [1.165, 1.54) is 11.3 Å². The lowest BCUT2D eigenvalue weighted by atomic mass is 10.1. The van der Waals surface area contributed by atoms with Crippen LogP contribution in [0.1, 0.15) is 27.6 Å². The highest BCUT2D eigenvalue weighted by atomic mass is 32.1. The van der Waals surface area contributed by atoms with Gasteiger partial charge < -0.3 is 9.30 Å². The number of rotatable bonds is 5. The Morgan fingerprint density at radius 3 is 2.50 bits per heavy atom. The fraction of sp³-hybridized carbons (Fsp3) is 0.182. The van der Waals surface area contributed by atoms with Gasteiger partial charge in [0.05, 0.1) is 34.5 Å². The van der Waals surface area contributed by atoms with Gasteiger partial charge in [-0.05, 0) is 37.3 Å². The normalized spacial score (nSPS) is 13.6. The van der Waals surface area contributed by atoms with Crippen molar-refractivity contribution in [2.24, 2.45) is 4.99 Å². The van der Waals surface area contributed by atoms with Gasteiger partial charge in [0.15, 0.2) is 4.80 Å². The number of imide groups is 1. The molecule has 0 bridgehead atoms. The molecule has 0 fully saturated rings. The first-order valence-electron chi connectivity index (χ1n) is 9.26. The third kappa shape index (κ3) is 3.40. The van der Waals surface area contributed by atoms with Crippen LogP contribution < -0.4 is 9.54 Å². The standard InChI is InChI=1S/C22H17N3O4S/c1-3-11-24-17-10-9-14(29-4-2)12-18(17)30-22(24)23-19(26)13-25-20(27)15-7-5-6-8-16(15)21(25)28/h1,5-10,12H,4,11,13H2,2H3. The monoisotopic (exact) mass is 419 g/mol. The van der Waals surface area contributed by atoms with E-state index < -0.39 is 24.3 Å². The van der Waals surface area contributed by atoms with Gasteiger partial charge >= 0.3 is 0 Å². The van der Waals surface area contributed by atoms with E-state index in [0.717, 1.165) is 15.1 Å². The van der Waals surface area contributed by atoms with E-state index >= 15 is 0 Å². The van der Waals surface area contributed by atoms with Crippen molar-refractivity contribution in [2.75, 3.05) is 13.2 Å². The summed E-state index contributed by atoms with van der Waals surface area (Å²) in [4.78, 5) is 43.0. The van der Waals surface area contributed by atoms with E-state index in [0.29, 0.717) is 28.3 Å². The molecular formula is C22H17N3O4S. The summed E-state index contributed by atoms with van der Waals surface area (Å²) in [5.41, 5.74) is 1.42. The number of hydrogen-bond acceptors (Lipinski definition) is 5. The smallest absolute Gasteiger partial charge is 0.268 e. The Labute approximate surface area is 176 Å². The van der Waals surface area contributed by atoms with Crippen molar-refractivity contribution in [3.8, 4) is 18.1 Å². The summed E-state index contributed by atoms with van der Waals surface area (Å²) in [6, 6.07) is 12.0. The first-order valence-corrected chi connectivity index (χ1v) is 10.1. The Morgan fingerprint density at radius 2 is 1.87 bits per heavy atom. The Bertz CT molecular complexity index is 1260. The van der Waals surface area contributed by atoms with Gasteiger partial charge in [0.1, 0.15) is 12.3 Å². The molecular weight excluding hydrogens is 402 g/mol. The number of amides is 3. The third-order valence-corrected chi connectivity index (χ3v) is 5.65. The number of carbonyl (C=O) groups excluding carboxylic acids is 3. The van der Waals surface area contributed by atoms with Crippen molar-refractivity contribution >= 4 is 39.3 Å². The Kier molecular flexibility index (Phi) is 5.21. The van der Waals surface area contributed by atoms with Crippen LogP contribution in [0.4, 0.5) is 0 Å². The average Bonchev–Trinajstić information content (AvgIpc) is 3.18. The summed E-state index contributed by atoms with van der Waals surface area (Å²) in [6.45, 7) is 2.24. The molecule has 3 aromatic rings. The van der Waals surface area contributed by atoms with Crippen molar-refractivity contribution < 1.29 is 19.1 Å². The molecule has 150 valence electrons. The van der Waals surface area contributed by atoms with Crippen LogP contribution in [0.15, 0.2) is 47.5 Å². The number of ether oxygens (including phenoxy) is 1. The highest BCUT2D eigenvalue weighted by Gasteiger charge is 2.36.